The zero-order valence-corrected chi connectivity index (χ0v) is 19.5. The molecule has 0 saturated heterocycles. The number of nitrogens with zero attached hydrogens (tertiary/aromatic N) is 5. The van der Waals surface area contributed by atoms with E-state index in [4.69, 9.17) is 5.26 Å². The van der Waals surface area contributed by atoms with Crippen molar-refractivity contribution in [2.45, 2.75) is 44.1 Å². The summed E-state index contributed by atoms with van der Waals surface area (Å²) in [5.74, 6) is 0.684. The number of aryl methyl sites for hydroxylation is 1. The second-order valence-corrected chi connectivity index (χ2v) is 9.52. The quantitative estimate of drug-likeness (QED) is 0.417. The number of para-hydroxylation sites is 1. The van der Waals surface area contributed by atoms with Crippen LogP contribution in [0.4, 0.5) is 5.69 Å². The van der Waals surface area contributed by atoms with E-state index in [0.717, 1.165) is 6.42 Å². The number of benzene rings is 2. The van der Waals surface area contributed by atoms with Crippen LogP contribution < -0.4 is 10.9 Å². The molecule has 0 aliphatic heterocycles. The highest BCUT2D eigenvalue weighted by Crippen LogP contribution is 2.26. The normalized spacial score (nSPS) is 12.2. The lowest BCUT2D eigenvalue weighted by atomic mass is 10.1. The topological polar surface area (TPSA) is 105 Å². The SMILES string of the molecule is CC(C)CCn1c(=O)c2ccccc2n2c(SC(C)C(=O)Nc3cccc(C#N)c3)nnc12. The van der Waals surface area contributed by atoms with E-state index in [1.165, 1.54) is 11.8 Å². The number of fused-ring (bicyclic) bond motifs is 3. The first-order valence-corrected chi connectivity index (χ1v) is 11.6. The predicted molar refractivity (Wildman–Crippen MR) is 129 cm³/mol. The molecule has 1 atom stereocenters. The highest BCUT2D eigenvalue weighted by molar-refractivity contribution is 8.00. The summed E-state index contributed by atoms with van der Waals surface area (Å²) >= 11 is 1.27. The summed E-state index contributed by atoms with van der Waals surface area (Å²) in [6.07, 6.45) is 0.837. The summed E-state index contributed by atoms with van der Waals surface area (Å²) in [7, 11) is 0. The fourth-order valence-electron chi connectivity index (χ4n) is 3.52. The van der Waals surface area contributed by atoms with Crippen molar-refractivity contribution in [1.82, 2.24) is 19.2 Å². The average molecular weight is 461 g/mol. The van der Waals surface area contributed by atoms with Crippen LogP contribution in [-0.4, -0.2) is 30.3 Å². The number of nitriles is 1. The van der Waals surface area contributed by atoms with Gasteiger partial charge in [-0.2, -0.15) is 5.26 Å². The minimum atomic E-state index is -0.488. The minimum absolute atomic E-state index is 0.0918. The molecule has 1 unspecified atom stereocenters. The molecule has 1 N–H and O–H groups in total. The van der Waals surface area contributed by atoms with E-state index in [1.807, 2.05) is 22.6 Å². The van der Waals surface area contributed by atoms with Crippen LogP contribution in [-0.2, 0) is 11.3 Å². The van der Waals surface area contributed by atoms with E-state index in [-0.39, 0.29) is 11.5 Å². The molecule has 33 heavy (non-hydrogen) atoms. The van der Waals surface area contributed by atoms with Gasteiger partial charge in [-0.1, -0.05) is 43.8 Å². The van der Waals surface area contributed by atoms with Gasteiger partial charge in [0.2, 0.25) is 11.7 Å². The minimum Gasteiger partial charge on any atom is -0.325 e. The van der Waals surface area contributed by atoms with Crippen LogP contribution in [0.3, 0.4) is 0 Å². The lowest BCUT2D eigenvalue weighted by molar-refractivity contribution is -0.115. The van der Waals surface area contributed by atoms with Crippen LogP contribution >= 0.6 is 11.8 Å². The number of aromatic nitrogens is 4. The van der Waals surface area contributed by atoms with Gasteiger partial charge < -0.3 is 5.32 Å². The predicted octanol–water partition coefficient (Wildman–Crippen LogP) is 4.08. The highest BCUT2D eigenvalue weighted by Gasteiger charge is 2.22. The molecule has 0 saturated carbocycles. The van der Waals surface area contributed by atoms with Crippen molar-refractivity contribution < 1.29 is 4.79 Å². The average Bonchev–Trinajstić information content (AvgIpc) is 3.22. The van der Waals surface area contributed by atoms with Gasteiger partial charge in [0, 0.05) is 12.2 Å². The molecule has 0 bridgehead atoms. The summed E-state index contributed by atoms with van der Waals surface area (Å²) in [6, 6.07) is 16.2. The lowest BCUT2D eigenvalue weighted by Gasteiger charge is -2.14. The molecule has 0 spiro atoms. The van der Waals surface area contributed by atoms with E-state index in [0.29, 0.717) is 45.6 Å². The molecule has 1 amide bonds. The monoisotopic (exact) mass is 460 g/mol. The summed E-state index contributed by atoms with van der Waals surface area (Å²) in [6.45, 7) is 6.55. The van der Waals surface area contributed by atoms with Gasteiger partial charge in [0.1, 0.15) is 0 Å². The van der Waals surface area contributed by atoms with Gasteiger partial charge >= 0.3 is 0 Å². The van der Waals surface area contributed by atoms with Crippen molar-refractivity contribution >= 4 is 40.0 Å². The second-order valence-electron chi connectivity index (χ2n) is 8.22. The van der Waals surface area contributed by atoms with Crippen molar-refractivity contribution in [2.75, 3.05) is 5.32 Å². The molecule has 4 aromatic rings. The van der Waals surface area contributed by atoms with Crippen LogP contribution in [0.2, 0.25) is 0 Å². The molecular weight excluding hydrogens is 436 g/mol. The van der Waals surface area contributed by atoms with Crippen LogP contribution in [0.25, 0.3) is 16.7 Å². The summed E-state index contributed by atoms with van der Waals surface area (Å²) in [5.41, 5.74) is 1.65. The smallest absolute Gasteiger partial charge is 0.262 e. The first kappa shape index (κ1) is 22.6. The maximum absolute atomic E-state index is 13.1. The zero-order valence-electron chi connectivity index (χ0n) is 18.6. The van der Waals surface area contributed by atoms with Crippen LogP contribution in [0.5, 0.6) is 0 Å². The molecule has 0 aliphatic carbocycles. The molecule has 0 radical (unpaired) electrons. The summed E-state index contributed by atoms with van der Waals surface area (Å²) in [5, 5.41) is 21.2. The number of carbonyl (C=O) groups is 1. The number of rotatable bonds is 7. The highest BCUT2D eigenvalue weighted by atomic mass is 32.2. The largest absolute Gasteiger partial charge is 0.325 e. The Hall–Kier alpha value is -3.64. The number of hydrogen-bond donors (Lipinski definition) is 1. The van der Waals surface area contributed by atoms with Crippen molar-refractivity contribution in [3.63, 3.8) is 0 Å². The number of thioether (sulfide) groups is 1. The molecule has 8 nitrogen and oxygen atoms in total. The van der Waals surface area contributed by atoms with E-state index in [9.17, 15) is 9.59 Å². The Morgan fingerprint density at radius 1 is 1.15 bits per heavy atom. The number of hydrogen-bond acceptors (Lipinski definition) is 6. The molecule has 168 valence electrons. The Bertz CT molecular complexity index is 1430. The fourth-order valence-corrected chi connectivity index (χ4v) is 4.38. The summed E-state index contributed by atoms with van der Waals surface area (Å²) in [4.78, 5) is 25.9. The summed E-state index contributed by atoms with van der Waals surface area (Å²) < 4.78 is 3.51. The van der Waals surface area contributed by atoms with E-state index < -0.39 is 5.25 Å². The van der Waals surface area contributed by atoms with Gasteiger partial charge in [0.05, 0.1) is 27.8 Å². The molecule has 0 fully saturated rings. The first-order chi connectivity index (χ1) is 15.9. The van der Waals surface area contributed by atoms with E-state index >= 15 is 0 Å². The molecule has 2 aromatic carbocycles. The standard InChI is InChI=1S/C24H24N6O2S/c1-15(2)11-12-29-22(32)19-9-4-5-10-20(19)30-23(29)27-28-24(30)33-16(3)21(31)26-18-8-6-7-17(13-18)14-25/h4-10,13,15-16H,11-12H2,1-3H3,(H,26,31). The third-order valence-corrected chi connectivity index (χ3v) is 6.36. The Labute approximate surface area is 195 Å². The Morgan fingerprint density at radius 3 is 2.70 bits per heavy atom. The van der Waals surface area contributed by atoms with Gasteiger partial charge in [0.25, 0.3) is 5.56 Å². The van der Waals surface area contributed by atoms with E-state index in [1.54, 1.807) is 41.8 Å². The Morgan fingerprint density at radius 2 is 1.94 bits per heavy atom. The van der Waals surface area contributed by atoms with Gasteiger partial charge in [0.15, 0.2) is 5.16 Å². The zero-order chi connectivity index (χ0) is 23.5. The lowest BCUT2D eigenvalue weighted by Crippen LogP contribution is -2.25. The maximum atomic E-state index is 13.1. The molecule has 2 heterocycles. The third-order valence-electron chi connectivity index (χ3n) is 5.32. The Balaban J connectivity index is 1.69. The maximum Gasteiger partial charge on any atom is 0.262 e. The Kier molecular flexibility index (Phi) is 6.47. The number of amides is 1. The van der Waals surface area contributed by atoms with Crippen molar-refractivity contribution in [1.29, 1.82) is 5.26 Å². The van der Waals surface area contributed by atoms with Crippen LogP contribution in [0.1, 0.15) is 32.8 Å². The van der Waals surface area contributed by atoms with Crippen molar-refractivity contribution in [2.24, 2.45) is 5.92 Å². The van der Waals surface area contributed by atoms with Gasteiger partial charge in [-0.25, -0.2) is 0 Å². The molecule has 4 rings (SSSR count). The van der Waals surface area contributed by atoms with Crippen molar-refractivity contribution in [3.05, 3.63) is 64.4 Å². The molecule has 9 heteroatoms. The van der Waals surface area contributed by atoms with Crippen LogP contribution in [0.15, 0.2) is 58.5 Å². The van der Waals surface area contributed by atoms with Crippen molar-refractivity contribution in [3.8, 4) is 6.07 Å². The number of nitrogens with one attached hydrogen (secondary N) is 1. The van der Waals surface area contributed by atoms with Crippen LogP contribution in [0, 0.1) is 17.2 Å². The van der Waals surface area contributed by atoms with Gasteiger partial charge in [-0.15, -0.1) is 10.2 Å². The molecule has 0 aliphatic rings. The molecular formula is C24H24N6O2S. The number of anilines is 1. The third kappa shape index (κ3) is 4.61. The van der Waals surface area contributed by atoms with Gasteiger partial charge in [-0.05, 0) is 49.6 Å². The second kappa shape index (κ2) is 9.46. The number of carbonyl (C=O) groups excluding carboxylic acids is 1. The molecule has 2 aromatic heterocycles. The van der Waals surface area contributed by atoms with E-state index in [2.05, 4.69) is 35.4 Å². The first-order valence-electron chi connectivity index (χ1n) is 10.7. The fraction of sp³-hybridized carbons (Fsp3) is 0.292. The van der Waals surface area contributed by atoms with Gasteiger partial charge in [-0.3, -0.25) is 18.6 Å².